The van der Waals surface area contributed by atoms with Gasteiger partial charge in [0.05, 0.1) is 0 Å². The molecule has 0 aliphatic heterocycles. The summed E-state index contributed by atoms with van der Waals surface area (Å²) in [5.74, 6) is 0. The molecule has 0 fully saturated rings. The Labute approximate surface area is 91.1 Å². The standard InChI is InChI=1S/C12H18N2O/c1-3-14(4-2)9-11-6-5-7-12(8-11)13-10-15/h5-8,10H,3-4,9H2,1-2H3,(H,13,15). The molecule has 0 aliphatic carbocycles. The van der Waals surface area contributed by atoms with Gasteiger partial charge in [0.2, 0.25) is 6.41 Å². The van der Waals surface area contributed by atoms with Gasteiger partial charge in [-0.15, -0.1) is 0 Å². The molecule has 3 nitrogen and oxygen atoms in total. The molecule has 15 heavy (non-hydrogen) atoms. The zero-order valence-electron chi connectivity index (χ0n) is 9.36. The van der Waals surface area contributed by atoms with Gasteiger partial charge in [0.25, 0.3) is 0 Å². The van der Waals surface area contributed by atoms with Crippen molar-refractivity contribution >= 4 is 12.1 Å². The molecule has 0 aromatic heterocycles. The van der Waals surface area contributed by atoms with Crippen LogP contribution in [0.5, 0.6) is 0 Å². The van der Waals surface area contributed by atoms with Crippen LogP contribution >= 0.6 is 0 Å². The van der Waals surface area contributed by atoms with Crippen LogP contribution in [-0.2, 0) is 11.3 Å². The van der Waals surface area contributed by atoms with Crippen molar-refractivity contribution in [2.24, 2.45) is 0 Å². The fourth-order valence-electron chi connectivity index (χ4n) is 1.53. The van der Waals surface area contributed by atoms with Gasteiger partial charge in [-0.1, -0.05) is 26.0 Å². The van der Waals surface area contributed by atoms with Gasteiger partial charge in [0.1, 0.15) is 0 Å². The van der Waals surface area contributed by atoms with E-state index in [2.05, 4.69) is 30.1 Å². The Morgan fingerprint density at radius 3 is 2.67 bits per heavy atom. The van der Waals surface area contributed by atoms with Crippen molar-refractivity contribution in [3.8, 4) is 0 Å². The molecule has 1 N–H and O–H groups in total. The number of hydrogen-bond donors (Lipinski definition) is 1. The van der Waals surface area contributed by atoms with E-state index in [-0.39, 0.29) is 0 Å². The van der Waals surface area contributed by atoms with Crippen molar-refractivity contribution < 1.29 is 4.79 Å². The topological polar surface area (TPSA) is 32.3 Å². The Balaban J connectivity index is 2.67. The third kappa shape index (κ3) is 3.72. The monoisotopic (exact) mass is 206 g/mol. The summed E-state index contributed by atoms with van der Waals surface area (Å²) in [5.41, 5.74) is 2.08. The van der Waals surface area contributed by atoms with Gasteiger partial charge in [-0.05, 0) is 30.8 Å². The molecule has 0 spiro atoms. The summed E-state index contributed by atoms with van der Waals surface area (Å²) in [4.78, 5) is 12.6. The number of carbonyl (C=O) groups is 1. The summed E-state index contributed by atoms with van der Waals surface area (Å²) < 4.78 is 0. The van der Waals surface area contributed by atoms with Gasteiger partial charge < -0.3 is 5.32 Å². The normalized spacial score (nSPS) is 10.3. The van der Waals surface area contributed by atoms with E-state index in [4.69, 9.17) is 0 Å². The number of anilines is 1. The molecule has 0 saturated heterocycles. The van der Waals surface area contributed by atoms with Gasteiger partial charge in [-0.25, -0.2) is 0 Å². The number of nitrogens with one attached hydrogen (secondary N) is 1. The van der Waals surface area contributed by atoms with E-state index in [1.807, 2.05) is 18.2 Å². The molecule has 0 heterocycles. The van der Waals surface area contributed by atoms with Gasteiger partial charge in [-0.3, -0.25) is 9.69 Å². The first-order valence-electron chi connectivity index (χ1n) is 5.31. The molecule has 0 aliphatic rings. The van der Waals surface area contributed by atoms with Gasteiger partial charge in [0, 0.05) is 12.2 Å². The van der Waals surface area contributed by atoms with Gasteiger partial charge in [0.15, 0.2) is 0 Å². The van der Waals surface area contributed by atoms with Crippen LogP contribution in [0.3, 0.4) is 0 Å². The Kier molecular flexibility index (Phi) is 4.84. The molecule has 0 saturated carbocycles. The maximum atomic E-state index is 10.3. The first-order valence-corrected chi connectivity index (χ1v) is 5.31. The molecule has 1 rings (SSSR count). The minimum absolute atomic E-state index is 0.705. The van der Waals surface area contributed by atoms with E-state index < -0.39 is 0 Å². The van der Waals surface area contributed by atoms with E-state index >= 15 is 0 Å². The molecule has 1 aromatic rings. The minimum atomic E-state index is 0.705. The van der Waals surface area contributed by atoms with E-state index in [0.717, 1.165) is 25.3 Å². The fourth-order valence-corrected chi connectivity index (χ4v) is 1.53. The van der Waals surface area contributed by atoms with Crippen molar-refractivity contribution in [3.05, 3.63) is 29.8 Å². The first-order chi connectivity index (χ1) is 7.30. The van der Waals surface area contributed by atoms with Gasteiger partial charge in [-0.2, -0.15) is 0 Å². The molecular weight excluding hydrogens is 188 g/mol. The smallest absolute Gasteiger partial charge is 0.211 e. The summed E-state index contributed by atoms with van der Waals surface area (Å²) in [6.07, 6.45) is 0.705. The average Bonchev–Trinajstić information content (AvgIpc) is 2.27. The summed E-state index contributed by atoms with van der Waals surface area (Å²) in [6, 6.07) is 7.94. The Hall–Kier alpha value is -1.35. The number of benzene rings is 1. The predicted molar refractivity (Wildman–Crippen MR) is 62.8 cm³/mol. The van der Waals surface area contributed by atoms with Crippen LogP contribution in [-0.4, -0.2) is 24.4 Å². The summed E-state index contributed by atoms with van der Waals surface area (Å²) >= 11 is 0. The van der Waals surface area contributed by atoms with Crippen LogP contribution in [0, 0.1) is 0 Å². The highest BCUT2D eigenvalue weighted by Crippen LogP contribution is 2.11. The lowest BCUT2D eigenvalue weighted by atomic mass is 10.2. The van der Waals surface area contributed by atoms with Crippen molar-refractivity contribution in [2.45, 2.75) is 20.4 Å². The molecule has 0 radical (unpaired) electrons. The van der Waals surface area contributed by atoms with E-state index in [1.54, 1.807) is 0 Å². The van der Waals surface area contributed by atoms with Gasteiger partial charge >= 0.3 is 0 Å². The van der Waals surface area contributed by atoms with Crippen molar-refractivity contribution in [1.29, 1.82) is 0 Å². The molecule has 3 heteroatoms. The molecule has 1 aromatic carbocycles. The minimum Gasteiger partial charge on any atom is -0.329 e. The van der Waals surface area contributed by atoms with Crippen LogP contribution < -0.4 is 5.32 Å². The fraction of sp³-hybridized carbons (Fsp3) is 0.417. The second-order valence-corrected chi connectivity index (χ2v) is 3.42. The maximum absolute atomic E-state index is 10.3. The second-order valence-electron chi connectivity index (χ2n) is 3.42. The molecule has 1 amide bonds. The maximum Gasteiger partial charge on any atom is 0.211 e. The van der Waals surface area contributed by atoms with E-state index in [0.29, 0.717) is 6.41 Å². The van der Waals surface area contributed by atoms with Crippen LogP contribution in [0.2, 0.25) is 0 Å². The zero-order chi connectivity index (χ0) is 11.1. The first kappa shape index (κ1) is 11.7. The summed E-state index contributed by atoms with van der Waals surface area (Å²) in [6.45, 7) is 7.32. The zero-order valence-corrected chi connectivity index (χ0v) is 9.36. The largest absolute Gasteiger partial charge is 0.329 e. The Morgan fingerprint density at radius 2 is 2.07 bits per heavy atom. The molecule has 82 valence electrons. The van der Waals surface area contributed by atoms with Crippen molar-refractivity contribution in [1.82, 2.24) is 4.90 Å². The summed E-state index contributed by atoms with van der Waals surface area (Å²) in [5, 5.41) is 2.66. The molecular formula is C12H18N2O. The highest BCUT2D eigenvalue weighted by Gasteiger charge is 2.01. The highest BCUT2D eigenvalue weighted by atomic mass is 16.1. The number of amides is 1. The quantitative estimate of drug-likeness (QED) is 0.723. The van der Waals surface area contributed by atoms with Crippen LogP contribution in [0.4, 0.5) is 5.69 Å². The molecule has 0 unspecified atom stereocenters. The van der Waals surface area contributed by atoms with Crippen LogP contribution in [0.25, 0.3) is 0 Å². The third-order valence-electron chi connectivity index (χ3n) is 2.45. The Bertz CT molecular complexity index is 308. The van der Waals surface area contributed by atoms with Crippen LogP contribution in [0.1, 0.15) is 19.4 Å². The predicted octanol–water partition coefficient (Wildman–Crippen LogP) is 2.10. The van der Waals surface area contributed by atoms with E-state index in [1.165, 1.54) is 5.56 Å². The average molecular weight is 206 g/mol. The second kappa shape index (κ2) is 6.19. The molecule has 0 atom stereocenters. The number of carbonyl (C=O) groups excluding carboxylic acids is 1. The SMILES string of the molecule is CCN(CC)Cc1cccc(NC=O)c1. The van der Waals surface area contributed by atoms with Crippen molar-refractivity contribution in [3.63, 3.8) is 0 Å². The van der Waals surface area contributed by atoms with Crippen LogP contribution in [0.15, 0.2) is 24.3 Å². The van der Waals surface area contributed by atoms with E-state index in [9.17, 15) is 4.79 Å². The lowest BCUT2D eigenvalue weighted by Crippen LogP contribution is -2.22. The highest BCUT2D eigenvalue weighted by molar-refractivity contribution is 5.71. The Morgan fingerprint density at radius 1 is 1.33 bits per heavy atom. The number of hydrogen-bond acceptors (Lipinski definition) is 2. The van der Waals surface area contributed by atoms with Crippen molar-refractivity contribution in [2.75, 3.05) is 18.4 Å². The lowest BCUT2D eigenvalue weighted by Gasteiger charge is -2.18. The number of rotatable bonds is 6. The number of nitrogens with zero attached hydrogens (tertiary/aromatic N) is 1. The lowest BCUT2D eigenvalue weighted by molar-refractivity contribution is -0.105. The molecule has 0 bridgehead atoms. The summed E-state index contributed by atoms with van der Waals surface area (Å²) in [7, 11) is 0. The third-order valence-corrected chi connectivity index (χ3v) is 2.45.